The number of nitrogens with one attached hydrogen (secondary N) is 1. The molecule has 5 N–H and O–H groups in total. The Morgan fingerprint density at radius 1 is 1.15 bits per heavy atom. The first-order valence-corrected chi connectivity index (χ1v) is 9.96. The first kappa shape index (κ1) is 20.4. The van der Waals surface area contributed by atoms with E-state index in [1.54, 1.807) is 0 Å². The minimum Gasteiger partial charge on any atom is -0.507 e. The lowest BCUT2D eigenvalue weighted by Gasteiger charge is -2.28. The molecule has 2 rings (SSSR count). The molecule has 0 saturated heterocycles. The van der Waals surface area contributed by atoms with Gasteiger partial charge in [0.05, 0.1) is 6.10 Å². The van der Waals surface area contributed by atoms with E-state index in [-0.39, 0.29) is 12.1 Å². The molecule has 0 fully saturated rings. The number of hydrogen-bond donors (Lipinski definition) is 4. The summed E-state index contributed by atoms with van der Waals surface area (Å²) in [5.41, 5.74) is 1.41. The zero-order valence-corrected chi connectivity index (χ0v) is 15.8. The number of primary sulfonamides is 1. The number of sulfonamides is 1. The molecule has 0 spiro atoms. The van der Waals surface area contributed by atoms with Crippen LogP contribution in [0.3, 0.4) is 0 Å². The summed E-state index contributed by atoms with van der Waals surface area (Å²) in [6.45, 7) is 4.35. The quantitative estimate of drug-likeness (QED) is 0.562. The number of aromatic hydroxyl groups is 1. The lowest BCUT2D eigenvalue weighted by atomic mass is 9.94. The van der Waals surface area contributed by atoms with Crippen LogP contribution >= 0.6 is 0 Å². The largest absolute Gasteiger partial charge is 0.507 e. The van der Waals surface area contributed by atoms with Gasteiger partial charge in [0.25, 0.3) is 0 Å². The topological polar surface area (TPSA) is 113 Å². The Morgan fingerprint density at radius 3 is 2.42 bits per heavy atom. The van der Waals surface area contributed by atoms with Crippen LogP contribution in [0, 0.1) is 0 Å². The fourth-order valence-corrected chi connectivity index (χ4v) is 3.31. The van der Waals surface area contributed by atoms with Gasteiger partial charge in [0, 0.05) is 12.1 Å². The normalized spacial score (nSPS) is 13.5. The van der Waals surface area contributed by atoms with Crippen LogP contribution < -0.4 is 10.5 Å². The van der Waals surface area contributed by atoms with Gasteiger partial charge in [0.1, 0.15) is 10.6 Å². The van der Waals surface area contributed by atoms with Crippen LogP contribution in [-0.2, 0) is 16.4 Å². The third-order valence-corrected chi connectivity index (χ3v) is 5.27. The fourth-order valence-electron chi connectivity index (χ4n) is 2.65. The molecular weight excluding hydrogens is 352 g/mol. The van der Waals surface area contributed by atoms with Gasteiger partial charge < -0.3 is 15.5 Å². The lowest BCUT2D eigenvalue weighted by Crippen LogP contribution is -2.42. The number of phenolic OH excluding ortho intramolecular Hbond substituents is 1. The van der Waals surface area contributed by atoms with E-state index in [0.29, 0.717) is 5.56 Å². The maximum atomic E-state index is 11.5. The standard InChI is InChI=1S/C19H26N2O4S/c1-19(2,11-10-14-6-4-3-5-7-14)21-13-17(23)15-8-9-16(22)18(12-15)26(20,24)25/h3-9,12,17,21-23H,10-11,13H2,1-2H3,(H2,20,24,25). The molecule has 1 atom stereocenters. The molecule has 2 aromatic carbocycles. The second kappa shape index (κ2) is 8.18. The monoisotopic (exact) mass is 378 g/mol. The van der Waals surface area contributed by atoms with Crippen LogP contribution in [0.1, 0.15) is 37.5 Å². The maximum Gasteiger partial charge on any atom is 0.241 e. The van der Waals surface area contributed by atoms with Crippen LogP contribution in [0.2, 0.25) is 0 Å². The Balaban J connectivity index is 1.98. The molecule has 0 aliphatic rings. The van der Waals surface area contributed by atoms with Crippen molar-refractivity contribution in [3.8, 4) is 5.75 Å². The molecular formula is C19H26N2O4S. The van der Waals surface area contributed by atoms with Crippen LogP contribution in [-0.4, -0.2) is 30.7 Å². The van der Waals surface area contributed by atoms with Crippen molar-refractivity contribution < 1.29 is 18.6 Å². The van der Waals surface area contributed by atoms with E-state index in [2.05, 4.69) is 31.3 Å². The molecule has 0 radical (unpaired) electrons. The Labute approximate surface area is 154 Å². The van der Waals surface area contributed by atoms with Crippen LogP contribution in [0.25, 0.3) is 0 Å². The summed E-state index contributed by atoms with van der Waals surface area (Å²) in [6, 6.07) is 14.1. The van der Waals surface area contributed by atoms with E-state index in [4.69, 9.17) is 5.14 Å². The first-order valence-electron chi connectivity index (χ1n) is 8.41. The molecule has 7 heteroatoms. The van der Waals surface area contributed by atoms with Gasteiger partial charge in [-0.05, 0) is 49.9 Å². The molecule has 0 aromatic heterocycles. The molecule has 142 valence electrons. The lowest BCUT2D eigenvalue weighted by molar-refractivity contribution is 0.159. The van der Waals surface area contributed by atoms with Crippen molar-refractivity contribution in [2.75, 3.05) is 6.54 Å². The molecule has 0 amide bonds. The molecule has 1 unspecified atom stereocenters. The van der Waals surface area contributed by atoms with Crippen molar-refractivity contribution >= 4 is 10.0 Å². The molecule has 0 saturated carbocycles. The number of nitrogens with two attached hydrogens (primary N) is 1. The summed E-state index contributed by atoms with van der Waals surface area (Å²) in [7, 11) is -4.05. The van der Waals surface area contributed by atoms with Gasteiger partial charge in [0.2, 0.25) is 10.0 Å². The predicted octanol–water partition coefficient (Wildman–Crippen LogP) is 2.07. The van der Waals surface area contributed by atoms with E-state index in [1.807, 2.05) is 18.2 Å². The summed E-state index contributed by atoms with van der Waals surface area (Å²) < 4.78 is 23.0. The highest BCUT2D eigenvalue weighted by Crippen LogP contribution is 2.26. The smallest absolute Gasteiger partial charge is 0.241 e. The average molecular weight is 378 g/mol. The SMILES string of the molecule is CC(C)(CCc1ccccc1)NCC(O)c1ccc(O)c(S(N)(=O)=O)c1. The number of rotatable bonds is 8. The summed E-state index contributed by atoms with van der Waals surface area (Å²) in [5.74, 6) is -0.431. The van der Waals surface area contributed by atoms with Crippen molar-refractivity contribution in [2.45, 2.75) is 43.2 Å². The van der Waals surface area contributed by atoms with Gasteiger partial charge in [-0.1, -0.05) is 36.4 Å². The van der Waals surface area contributed by atoms with Crippen molar-refractivity contribution in [2.24, 2.45) is 5.14 Å². The molecule has 0 bridgehead atoms. The minimum absolute atomic E-state index is 0.212. The molecule has 0 heterocycles. The summed E-state index contributed by atoms with van der Waals surface area (Å²) in [4.78, 5) is -0.391. The summed E-state index contributed by atoms with van der Waals surface area (Å²) in [6.07, 6.45) is 0.861. The highest BCUT2D eigenvalue weighted by molar-refractivity contribution is 7.89. The number of aliphatic hydroxyl groups is 1. The highest BCUT2D eigenvalue weighted by atomic mass is 32.2. The molecule has 6 nitrogen and oxygen atoms in total. The second-order valence-electron chi connectivity index (χ2n) is 7.04. The number of aliphatic hydroxyl groups excluding tert-OH is 1. The van der Waals surface area contributed by atoms with E-state index < -0.39 is 26.8 Å². The number of hydrogen-bond acceptors (Lipinski definition) is 5. The summed E-state index contributed by atoms with van der Waals surface area (Å²) >= 11 is 0. The predicted molar refractivity (Wildman–Crippen MR) is 101 cm³/mol. The number of phenols is 1. The zero-order chi connectivity index (χ0) is 19.4. The Kier molecular flexibility index (Phi) is 6.41. The van der Waals surface area contributed by atoms with Gasteiger partial charge in [-0.3, -0.25) is 0 Å². The van der Waals surface area contributed by atoms with Crippen LogP contribution in [0.4, 0.5) is 0 Å². The van der Waals surface area contributed by atoms with Crippen LogP contribution in [0.15, 0.2) is 53.4 Å². The fraction of sp³-hybridized carbons (Fsp3) is 0.368. The third-order valence-electron chi connectivity index (χ3n) is 4.33. The molecule has 2 aromatic rings. The Hall–Kier alpha value is -1.93. The van der Waals surface area contributed by atoms with Gasteiger partial charge in [-0.2, -0.15) is 0 Å². The van der Waals surface area contributed by atoms with Gasteiger partial charge in [-0.15, -0.1) is 0 Å². The van der Waals surface area contributed by atoms with Crippen molar-refractivity contribution in [3.05, 3.63) is 59.7 Å². The Bertz CT molecular complexity index is 836. The molecule has 0 aliphatic heterocycles. The minimum atomic E-state index is -4.05. The van der Waals surface area contributed by atoms with Crippen molar-refractivity contribution in [1.29, 1.82) is 0 Å². The maximum absolute atomic E-state index is 11.5. The van der Waals surface area contributed by atoms with E-state index in [0.717, 1.165) is 12.8 Å². The van der Waals surface area contributed by atoms with Crippen molar-refractivity contribution in [1.82, 2.24) is 5.32 Å². The van der Waals surface area contributed by atoms with Gasteiger partial charge in [-0.25, -0.2) is 13.6 Å². The van der Waals surface area contributed by atoms with Crippen molar-refractivity contribution in [3.63, 3.8) is 0 Å². The van der Waals surface area contributed by atoms with E-state index in [1.165, 1.54) is 23.8 Å². The van der Waals surface area contributed by atoms with Gasteiger partial charge >= 0.3 is 0 Å². The third kappa shape index (κ3) is 5.81. The zero-order valence-electron chi connectivity index (χ0n) is 15.0. The van der Waals surface area contributed by atoms with E-state index in [9.17, 15) is 18.6 Å². The number of β-amino-alcohol motifs (C(OH)–C–C–N with tert-alkyl or cyclic N) is 1. The number of benzene rings is 2. The van der Waals surface area contributed by atoms with Crippen LogP contribution in [0.5, 0.6) is 5.75 Å². The van der Waals surface area contributed by atoms with Gasteiger partial charge in [0.15, 0.2) is 0 Å². The highest BCUT2D eigenvalue weighted by Gasteiger charge is 2.21. The summed E-state index contributed by atoms with van der Waals surface area (Å²) in [5, 5.41) is 28.4. The Morgan fingerprint density at radius 2 is 1.81 bits per heavy atom. The number of aryl methyl sites for hydroxylation is 1. The molecule has 26 heavy (non-hydrogen) atoms. The second-order valence-corrected chi connectivity index (χ2v) is 8.57. The average Bonchev–Trinajstić information content (AvgIpc) is 2.58. The molecule has 0 aliphatic carbocycles. The van der Waals surface area contributed by atoms with E-state index >= 15 is 0 Å². The first-order chi connectivity index (χ1) is 12.1.